The van der Waals surface area contributed by atoms with Crippen LogP contribution in [0.15, 0.2) is 52.4 Å². The molecule has 2 aromatic carbocycles. The van der Waals surface area contributed by atoms with Crippen LogP contribution in [0.25, 0.3) is 16.6 Å². The molecule has 3 aromatic rings. The number of aromatic nitrogens is 2. The molecule has 7 heteroatoms. The molecule has 0 unspecified atom stereocenters. The zero-order valence-electron chi connectivity index (χ0n) is 17.1. The lowest BCUT2D eigenvalue weighted by Gasteiger charge is -2.30. The Labute approximate surface area is 185 Å². The van der Waals surface area contributed by atoms with Gasteiger partial charge in [0.25, 0.3) is 5.56 Å². The summed E-state index contributed by atoms with van der Waals surface area (Å²) in [5.41, 5.74) is 2.12. The van der Waals surface area contributed by atoms with Gasteiger partial charge in [-0.2, -0.15) is 0 Å². The first-order valence-corrected chi connectivity index (χ1v) is 11.5. The fraction of sp³-hybridized carbons (Fsp3) is 0.348. The van der Waals surface area contributed by atoms with Crippen LogP contribution in [0, 0.1) is 12.8 Å². The summed E-state index contributed by atoms with van der Waals surface area (Å²) >= 11 is 7.44. The molecule has 1 aromatic heterocycles. The normalized spacial score (nSPS) is 15.0. The standard InChI is InChI=1S/C23H24ClN3O2S/c1-15-9-11-26(12-10-15)21(28)14-30-23-25-19-13-17(24)7-8-18(19)22(29)27(23)20-6-4-3-5-16(20)2/h3-8,13,15H,9-12,14H2,1-2H3. The minimum absolute atomic E-state index is 0.0867. The van der Waals surface area contributed by atoms with Gasteiger partial charge in [0.2, 0.25) is 5.91 Å². The van der Waals surface area contributed by atoms with Crippen LogP contribution in [0.4, 0.5) is 0 Å². The van der Waals surface area contributed by atoms with E-state index >= 15 is 0 Å². The number of amides is 1. The van der Waals surface area contributed by atoms with Crippen molar-refractivity contribution in [3.8, 4) is 5.69 Å². The van der Waals surface area contributed by atoms with Crippen LogP contribution in [0.2, 0.25) is 5.02 Å². The van der Waals surface area contributed by atoms with Crippen molar-refractivity contribution < 1.29 is 4.79 Å². The molecule has 4 rings (SSSR count). The van der Waals surface area contributed by atoms with Gasteiger partial charge in [-0.1, -0.05) is 48.5 Å². The molecule has 2 heterocycles. The van der Waals surface area contributed by atoms with E-state index < -0.39 is 0 Å². The summed E-state index contributed by atoms with van der Waals surface area (Å²) in [5, 5.41) is 1.53. The van der Waals surface area contributed by atoms with Crippen LogP contribution in [0.5, 0.6) is 0 Å². The number of thioether (sulfide) groups is 1. The third kappa shape index (κ3) is 4.25. The predicted molar refractivity (Wildman–Crippen MR) is 123 cm³/mol. The molecule has 0 atom stereocenters. The number of carbonyl (C=O) groups excluding carboxylic acids is 1. The molecule has 5 nitrogen and oxygen atoms in total. The highest BCUT2D eigenvalue weighted by molar-refractivity contribution is 7.99. The molecule has 156 valence electrons. The second kappa shape index (κ2) is 8.82. The summed E-state index contributed by atoms with van der Waals surface area (Å²) in [5.74, 6) is 1.00. The van der Waals surface area contributed by atoms with Crippen LogP contribution < -0.4 is 5.56 Å². The zero-order chi connectivity index (χ0) is 21.3. The van der Waals surface area contributed by atoms with Crippen LogP contribution in [0.3, 0.4) is 0 Å². The van der Waals surface area contributed by atoms with E-state index in [9.17, 15) is 9.59 Å². The number of hydrogen-bond acceptors (Lipinski definition) is 4. The van der Waals surface area contributed by atoms with E-state index in [0.29, 0.717) is 27.0 Å². The number of hydrogen-bond donors (Lipinski definition) is 0. The Morgan fingerprint density at radius 3 is 2.67 bits per heavy atom. The molecule has 0 radical (unpaired) electrons. The molecule has 1 aliphatic heterocycles. The lowest BCUT2D eigenvalue weighted by atomic mass is 9.99. The fourth-order valence-electron chi connectivity index (χ4n) is 3.74. The number of rotatable bonds is 4. The summed E-state index contributed by atoms with van der Waals surface area (Å²) in [4.78, 5) is 32.8. The molecule has 1 amide bonds. The summed E-state index contributed by atoms with van der Waals surface area (Å²) in [7, 11) is 0. The Kier molecular flexibility index (Phi) is 6.16. The van der Waals surface area contributed by atoms with Gasteiger partial charge < -0.3 is 4.90 Å². The van der Waals surface area contributed by atoms with Gasteiger partial charge in [0.05, 0.1) is 22.3 Å². The van der Waals surface area contributed by atoms with Crippen molar-refractivity contribution in [2.45, 2.75) is 31.8 Å². The smallest absolute Gasteiger partial charge is 0.266 e. The number of benzene rings is 2. The van der Waals surface area contributed by atoms with Gasteiger partial charge in [0.15, 0.2) is 5.16 Å². The van der Waals surface area contributed by atoms with Crippen molar-refractivity contribution >= 4 is 40.2 Å². The van der Waals surface area contributed by atoms with E-state index in [1.165, 1.54) is 11.8 Å². The topological polar surface area (TPSA) is 55.2 Å². The summed E-state index contributed by atoms with van der Waals surface area (Å²) in [6.07, 6.45) is 2.08. The Bertz CT molecular complexity index is 1150. The number of piperidine rings is 1. The maximum absolute atomic E-state index is 13.4. The third-order valence-corrected chi connectivity index (χ3v) is 6.78. The summed E-state index contributed by atoms with van der Waals surface area (Å²) in [6.45, 7) is 5.78. The SMILES string of the molecule is Cc1ccccc1-n1c(SCC(=O)N2CCC(C)CC2)nc2cc(Cl)ccc2c1=O. The predicted octanol–water partition coefficient (Wildman–Crippen LogP) is 4.70. The summed E-state index contributed by atoms with van der Waals surface area (Å²) < 4.78 is 1.61. The van der Waals surface area contributed by atoms with E-state index in [-0.39, 0.29) is 17.2 Å². The maximum Gasteiger partial charge on any atom is 0.266 e. The van der Waals surface area contributed by atoms with E-state index in [2.05, 4.69) is 6.92 Å². The molecule has 0 spiro atoms. The van der Waals surface area contributed by atoms with Crippen LogP contribution in [-0.4, -0.2) is 39.2 Å². The average molecular weight is 442 g/mol. The lowest BCUT2D eigenvalue weighted by Crippen LogP contribution is -2.39. The first-order chi connectivity index (χ1) is 14.4. The Morgan fingerprint density at radius 2 is 1.93 bits per heavy atom. The highest BCUT2D eigenvalue weighted by Gasteiger charge is 2.22. The Hall–Kier alpha value is -2.31. The number of para-hydroxylation sites is 1. The first-order valence-electron chi connectivity index (χ1n) is 10.1. The maximum atomic E-state index is 13.4. The van der Waals surface area contributed by atoms with Crippen LogP contribution >= 0.6 is 23.4 Å². The van der Waals surface area contributed by atoms with Gasteiger partial charge in [-0.15, -0.1) is 0 Å². The fourth-order valence-corrected chi connectivity index (χ4v) is 4.81. The van der Waals surface area contributed by atoms with Gasteiger partial charge in [-0.05, 0) is 55.5 Å². The molecule has 0 bridgehead atoms. The van der Waals surface area contributed by atoms with Crippen molar-refractivity contribution in [2.75, 3.05) is 18.8 Å². The monoisotopic (exact) mass is 441 g/mol. The van der Waals surface area contributed by atoms with Gasteiger partial charge >= 0.3 is 0 Å². The molecule has 0 N–H and O–H groups in total. The molecular weight excluding hydrogens is 418 g/mol. The lowest BCUT2D eigenvalue weighted by molar-refractivity contribution is -0.129. The Balaban J connectivity index is 1.72. The number of fused-ring (bicyclic) bond motifs is 1. The number of nitrogens with zero attached hydrogens (tertiary/aromatic N) is 3. The number of aryl methyl sites for hydroxylation is 1. The molecule has 30 heavy (non-hydrogen) atoms. The minimum atomic E-state index is -0.160. The zero-order valence-corrected chi connectivity index (χ0v) is 18.7. The molecule has 1 fully saturated rings. The van der Waals surface area contributed by atoms with E-state index in [4.69, 9.17) is 16.6 Å². The third-order valence-electron chi connectivity index (χ3n) is 5.62. The minimum Gasteiger partial charge on any atom is -0.342 e. The molecule has 1 saturated heterocycles. The molecule has 0 aliphatic carbocycles. The van der Waals surface area contributed by atoms with Gasteiger partial charge in [-0.25, -0.2) is 4.98 Å². The first kappa shape index (κ1) is 20.9. The number of halogens is 1. The van der Waals surface area contributed by atoms with Gasteiger partial charge in [-0.3, -0.25) is 14.2 Å². The van der Waals surface area contributed by atoms with Crippen molar-refractivity contribution in [2.24, 2.45) is 5.92 Å². The van der Waals surface area contributed by atoms with Crippen LogP contribution in [0.1, 0.15) is 25.3 Å². The van der Waals surface area contributed by atoms with Crippen molar-refractivity contribution in [1.82, 2.24) is 14.5 Å². The van der Waals surface area contributed by atoms with Crippen molar-refractivity contribution in [1.29, 1.82) is 0 Å². The van der Waals surface area contributed by atoms with Crippen LogP contribution in [-0.2, 0) is 4.79 Å². The number of likely N-dealkylation sites (tertiary alicyclic amines) is 1. The summed E-state index contributed by atoms with van der Waals surface area (Å²) in [6, 6.07) is 12.8. The molecular formula is C23H24ClN3O2S. The Morgan fingerprint density at radius 1 is 1.20 bits per heavy atom. The highest BCUT2D eigenvalue weighted by Crippen LogP contribution is 2.25. The van der Waals surface area contributed by atoms with Crippen molar-refractivity contribution in [3.05, 3.63) is 63.4 Å². The van der Waals surface area contributed by atoms with E-state index in [1.807, 2.05) is 36.1 Å². The van der Waals surface area contributed by atoms with Gasteiger partial charge in [0.1, 0.15) is 0 Å². The largest absolute Gasteiger partial charge is 0.342 e. The van der Waals surface area contributed by atoms with E-state index in [1.54, 1.807) is 22.8 Å². The van der Waals surface area contributed by atoms with Gasteiger partial charge in [0, 0.05) is 18.1 Å². The molecule has 0 saturated carbocycles. The second-order valence-corrected chi connectivity index (χ2v) is 9.21. The second-order valence-electron chi connectivity index (χ2n) is 7.83. The highest BCUT2D eigenvalue weighted by atomic mass is 35.5. The quantitative estimate of drug-likeness (QED) is 0.435. The number of carbonyl (C=O) groups is 1. The average Bonchev–Trinajstić information content (AvgIpc) is 2.73. The molecule has 1 aliphatic rings. The van der Waals surface area contributed by atoms with Crippen molar-refractivity contribution in [3.63, 3.8) is 0 Å². The van der Waals surface area contributed by atoms with E-state index in [0.717, 1.165) is 37.2 Å².